The lowest BCUT2D eigenvalue weighted by Gasteiger charge is -2.16. The summed E-state index contributed by atoms with van der Waals surface area (Å²) in [6, 6.07) is 7.68. The van der Waals surface area contributed by atoms with E-state index in [1.54, 1.807) is 0 Å². The van der Waals surface area contributed by atoms with Crippen molar-refractivity contribution < 1.29 is 9.53 Å². The third kappa shape index (κ3) is 4.21. The standard InChI is InChI=1S/C17H26N2O2/c1-13(2)21-12-4-3-11-19-16(20)17(9-10-17)14-5-7-15(18)8-6-14/h5-8,13H,3-4,9-12,18H2,1-2H3,(H,19,20). The lowest BCUT2D eigenvalue weighted by Crippen LogP contribution is -2.35. The van der Waals surface area contributed by atoms with Crippen molar-refractivity contribution in [2.24, 2.45) is 0 Å². The summed E-state index contributed by atoms with van der Waals surface area (Å²) in [6.07, 6.45) is 4.07. The van der Waals surface area contributed by atoms with Gasteiger partial charge in [0, 0.05) is 18.8 Å². The number of carbonyl (C=O) groups excluding carboxylic acids is 1. The number of nitrogens with two attached hydrogens (primary N) is 1. The lowest BCUT2D eigenvalue weighted by molar-refractivity contribution is -0.123. The zero-order valence-corrected chi connectivity index (χ0v) is 13.0. The summed E-state index contributed by atoms with van der Waals surface area (Å²) in [7, 11) is 0. The summed E-state index contributed by atoms with van der Waals surface area (Å²) in [4.78, 5) is 12.4. The first-order valence-corrected chi connectivity index (χ1v) is 7.80. The van der Waals surface area contributed by atoms with Crippen molar-refractivity contribution in [2.45, 2.75) is 51.0 Å². The number of unbranched alkanes of at least 4 members (excludes halogenated alkanes) is 1. The molecular weight excluding hydrogens is 264 g/mol. The van der Waals surface area contributed by atoms with Crippen molar-refractivity contribution in [3.05, 3.63) is 29.8 Å². The second-order valence-electron chi connectivity index (χ2n) is 6.09. The molecule has 0 aromatic heterocycles. The molecule has 1 fully saturated rings. The highest BCUT2D eigenvalue weighted by atomic mass is 16.5. The molecule has 1 saturated carbocycles. The van der Waals surface area contributed by atoms with Crippen LogP contribution < -0.4 is 11.1 Å². The first-order chi connectivity index (χ1) is 10.0. The molecule has 0 heterocycles. The Morgan fingerprint density at radius 3 is 2.52 bits per heavy atom. The lowest BCUT2D eigenvalue weighted by atomic mass is 9.94. The topological polar surface area (TPSA) is 64.3 Å². The van der Waals surface area contributed by atoms with Gasteiger partial charge >= 0.3 is 0 Å². The van der Waals surface area contributed by atoms with Crippen molar-refractivity contribution in [2.75, 3.05) is 18.9 Å². The Kier molecular flexibility index (Phi) is 5.23. The van der Waals surface area contributed by atoms with Crippen LogP contribution in [0.25, 0.3) is 0 Å². The van der Waals surface area contributed by atoms with Crippen molar-refractivity contribution >= 4 is 11.6 Å². The van der Waals surface area contributed by atoms with Gasteiger partial charge in [-0.1, -0.05) is 12.1 Å². The van der Waals surface area contributed by atoms with Gasteiger partial charge < -0.3 is 15.8 Å². The first kappa shape index (κ1) is 15.8. The Hall–Kier alpha value is -1.55. The summed E-state index contributed by atoms with van der Waals surface area (Å²) in [5, 5.41) is 3.06. The van der Waals surface area contributed by atoms with Gasteiger partial charge in [-0.25, -0.2) is 0 Å². The zero-order valence-electron chi connectivity index (χ0n) is 13.0. The van der Waals surface area contributed by atoms with Gasteiger partial charge in [0.05, 0.1) is 11.5 Å². The van der Waals surface area contributed by atoms with E-state index < -0.39 is 0 Å². The van der Waals surface area contributed by atoms with Gasteiger partial charge in [0.1, 0.15) is 0 Å². The zero-order chi connectivity index (χ0) is 15.3. The molecule has 0 saturated heterocycles. The van der Waals surface area contributed by atoms with Crippen LogP contribution in [-0.4, -0.2) is 25.2 Å². The van der Waals surface area contributed by atoms with Crippen LogP contribution in [0.15, 0.2) is 24.3 Å². The Bertz CT molecular complexity index is 464. The molecule has 0 aliphatic heterocycles. The molecule has 4 heteroatoms. The first-order valence-electron chi connectivity index (χ1n) is 7.80. The van der Waals surface area contributed by atoms with Crippen molar-refractivity contribution in [1.29, 1.82) is 0 Å². The Morgan fingerprint density at radius 1 is 1.29 bits per heavy atom. The molecule has 0 atom stereocenters. The number of amides is 1. The second-order valence-corrected chi connectivity index (χ2v) is 6.09. The van der Waals surface area contributed by atoms with Crippen LogP contribution in [-0.2, 0) is 14.9 Å². The number of nitrogen functional groups attached to an aromatic ring is 1. The molecule has 1 aliphatic rings. The number of benzene rings is 1. The Morgan fingerprint density at radius 2 is 1.95 bits per heavy atom. The molecule has 0 unspecified atom stereocenters. The highest BCUT2D eigenvalue weighted by Crippen LogP contribution is 2.48. The van der Waals surface area contributed by atoms with Crippen molar-refractivity contribution in [1.82, 2.24) is 5.32 Å². The summed E-state index contributed by atoms with van der Waals surface area (Å²) in [5.74, 6) is 0.150. The number of rotatable bonds is 8. The number of anilines is 1. The molecule has 21 heavy (non-hydrogen) atoms. The van der Waals surface area contributed by atoms with E-state index in [1.807, 2.05) is 38.1 Å². The van der Waals surface area contributed by atoms with Crippen LogP contribution >= 0.6 is 0 Å². The number of carbonyl (C=O) groups is 1. The third-order valence-corrected chi connectivity index (χ3v) is 3.96. The fraction of sp³-hybridized carbons (Fsp3) is 0.588. The molecule has 0 radical (unpaired) electrons. The molecule has 116 valence electrons. The van der Waals surface area contributed by atoms with Gasteiger partial charge in [-0.05, 0) is 57.2 Å². The highest BCUT2D eigenvalue weighted by molar-refractivity contribution is 5.91. The number of ether oxygens (including phenoxy) is 1. The molecule has 1 aromatic rings. The van der Waals surface area contributed by atoms with Crippen LogP contribution in [0.4, 0.5) is 5.69 Å². The molecule has 2 rings (SSSR count). The number of hydrogen-bond acceptors (Lipinski definition) is 3. The van der Waals surface area contributed by atoms with Crippen LogP contribution in [0, 0.1) is 0 Å². The van der Waals surface area contributed by atoms with E-state index in [1.165, 1.54) is 0 Å². The van der Waals surface area contributed by atoms with Crippen LogP contribution in [0.3, 0.4) is 0 Å². The average Bonchev–Trinajstić information content (AvgIpc) is 3.24. The molecule has 1 amide bonds. The Labute approximate surface area is 127 Å². The maximum atomic E-state index is 12.4. The maximum Gasteiger partial charge on any atom is 0.230 e. The van der Waals surface area contributed by atoms with Crippen LogP contribution in [0.1, 0.15) is 45.1 Å². The maximum absolute atomic E-state index is 12.4. The minimum absolute atomic E-state index is 0.150. The monoisotopic (exact) mass is 290 g/mol. The van der Waals surface area contributed by atoms with Gasteiger partial charge in [-0.3, -0.25) is 4.79 Å². The third-order valence-electron chi connectivity index (χ3n) is 3.96. The smallest absolute Gasteiger partial charge is 0.230 e. The van der Waals surface area contributed by atoms with Gasteiger partial charge in [-0.15, -0.1) is 0 Å². The summed E-state index contributed by atoms with van der Waals surface area (Å²) in [6.45, 7) is 5.55. The average molecular weight is 290 g/mol. The van der Waals surface area contributed by atoms with Gasteiger partial charge in [0.25, 0.3) is 0 Å². The van der Waals surface area contributed by atoms with Crippen LogP contribution in [0.5, 0.6) is 0 Å². The molecule has 1 aromatic carbocycles. The fourth-order valence-corrected chi connectivity index (χ4v) is 2.49. The number of hydrogen-bond donors (Lipinski definition) is 2. The quantitative estimate of drug-likeness (QED) is 0.571. The molecular formula is C17H26N2O2. The molecule has 0 bridgehead atoms. The van der Waals surface area contributed by atoms with E-state index in [9.17, 15) is 4.79 Å². The van der Waals surface area contributed by atoms with Crippen molar-refractivity contribution in [3.63, 3.8) is 0 Å². The predicted molar refractivity (Wildman–Crippen MR) is 85.1 cm³/mol. The Balaban J connectivity index is 1.74. The minimum Gasteiger partial charge on any atom is -0.399 e. The summed E-state index contributed by atoms with van der Waals surface area (Å²) >= 11 is 0. The second kappa shape index (κ2) is 6.94. The highest BCUT2D eigenvalue weighted by Gasteiger charge is 2.50. The minimum atomic E-state index is -0.303. The van der Waals surface area contributed by atoms with E-state index in [0.29, 0.717) is 0 Å². The van der Waals surface area contributed by atoms with Crippen molar-refractivity contribution in [3.8, 4) is 0 Å². The van der Waals surface area contributed by atoms with E-state index in [0.717, 1.165) is 50.1 Å². The number of nitrogens with one attached hydrogen (secondary N) is 1. The summed E-state index contributed by atoms with van der Waals surface area (Å²) in [5.41, 5.74) is 7.22. The molecule has 1 aliphatic carbocycles. The van der Waals surface area contributed by atoms with Gasteiger partial charge in [-0.2, -0.15) is 0 Å². The molecule has 3 N–H and O–H groups in total. The fourth-order valence-electron chi connectivity index (χ4n) is 2.49. The van der Waals surface area contributed by atoms with Crippen LogP contribution in [0.2, 0.25) is 0 Å². The SMILES string of the molecule is CC(C)OCCCCNC(=O)C1(c2ccc(N)cc2)CC1. The molecule has 0 spiro atoms. The van der Waals surface area contributed by atoms with E-state index >= 15 is 0 Å². The van der Waals surface area contributed by atoms with E-state index in [4.69, 9.17) is 10.5 Å². The molecule has 4 nitrogen and oxygen atoms in total. The normalized spacial score (nSPS) is 16.0. The van der Waals surface area contributed by atoms with Gasteiger partial charge in [0.2, 0.25) is 5.91 Å². The predicted octanol–water partition coefficient (Wildman–Crippen LogP) is 2.62. The van der Waals surface area contributed by atoms with E-state index in [2.05, 4.69) is 5.32 Å². The van der Waals surface area contributed by atoms with E-state index in [-0.39, 0.29) is 17.4 Å². The largest absolute Gasteiger partial charge is 0.399 e. The van der Waals surface area contributed by atoms with Gasteiger partial charge in [0.15, 0.2) is 0 Å². The summed E-state index contributed by atoms with van der Waals surface area (Å²) < 4.78 is 5.48.